The molecule has 1 saturated heterocycles. The first-order valence-corrected chi connectivity index (χ1v) is 11.3. The van der Waals surface area contributed by atoms with Crippen LogP contribution in [0.5, 0.6) is 5.75 Å². The molecule has 0 aromatic heterocycles. The van der Waals surface area contributed by atoms with Crippen LogP contribution in [-0.4, -0.2) is 48.1 Å². The van der Waals surface area contributed by atoms with Crippen LogP contribution in [0.25, 0.3) is 5.76 Å². The number of benzene rings is 2. The van der Waals surface area contributed by atoms with E-state index in [-0.39, 0.29) is 17.4 Å². The minimum Gasteiger partial charge on any atom is -0.507 e. The number of nitrogens with zero attached hydrogens (tertiary/aromatic N) is 1. The number of ketones is 1. The molecule has 1 unspecified atom stereocenters. The number of likely N-dealkylation sites (tertiary alicyclic amines) is 1. The first-order valence-electron chi connectivity index (χ1n) is 10.6. The number of aliphatic hydroxyl groups excluding tert-OH is 1. The lowest BCUT2D eigenvalue weighted by molar-refractivity contribution is -0.140. The van der Waals surface area contributed by atoms with Crippen LogP contribution >= 0.6 is 15.9 Å². The van der Waals surface area contributed by atoms with Gasteiger partial charge in [-0.1, -0.05) is 40.2 Å². The van der Waals surface area contributed by atoms with E-state index in [2.05, 4.69) is 15.9 Å². The fraction of sp³-hybridized carbons (Fsp3) is 0.360. The molecule has 7 heteroatoms. The maximum atomic E-state index is 13.1. The molecule has 1 aliphatic heterocycles. The minimum atomic E-state index is -0.755. The summed E-state index contributed by atoms with van der Waals surface area (Å²) in [5, 5.41) is 11.2. The third kappa shape index (κ3) is 4.89. The molecular formula is C25H28BrNO5. The van der Waals surface area contributed by atoms with Crippen molar-refractivity contribution in [3.8, 4) is 5.75 Å². The topological polar surface area (TPSA) is 76.1 Å². The Bertz CT molecular complexity index is 1050. The van der Waals surface area contributed by atoms with Crippen molar-refractivity contribution in [2.75, 3.05) is 20.3 Å². The summed E-state index contributed by atoms with van der Waals surface area (Å²) in [7, 11) is 1.54. The van der Waals surface area contributed by atoms with Gasteiger partial charge in [0.25, 0.3) is 11.7 Å². The maximum Gasteiger partial charge on any atom is 0.295 e. The Morgan fingerprint density at radius 1 is 1.19 bits per heavy atom. The Morgan fingerprint density at radius 2 is 1.91 bits per heavy atom. The van der Waals surface area contributed by atoms with Crippen LogP contribution in [0.4, 0.5) is 0 Å². The van der Waals surface area contributed by atoms with Gasteiger partial charge in [0, 0.05) is 28.8 Å². The summed E-state index contributed by atoms with van der Waals surface area (Å²) in [4.78, 5) is 27.6. The van der Waals surface area contributed by atoms with E-state index in [1.807, 2.05) is 45.0 Å². The average molecular weight is 502 g/mol. The van der Waals surface area contributed by atoms with Gasteiger partial charge >= 0.3 is 0 Å². The number of amides is 1. The van der Waals surface area contributed by atoms with E-state index in [0.717, 1.165) is 10.0 Å². The molecule has 170 valence electrons. The number of rotatable bonds is 8. The lowest BCUT2D eigenvalue weighted by atomic mass is 9.94. The molecule has 0 spiro atoms. The van der Waals surface area contributed by atoms with Gasteiger partial charge in [-0.25, -0.2) is 0 Å². The van der Waals surface area contributed by atoms with Crippen LogP contribution in [0.3, 0.4) is 0 Å². The Kier molecular flexibility index (Phi) is 7.74. The largest absolute Gasteiger partial charge is 0.507 e. The quantitative estimate of drug-likeness (QED) is 0.238. The van der Waals surface area contributed by atoms with E-state index < -0.39 is 17.7 Å². The highest BCUT2D eigenvalue weighted by Crippen LogP contribution is 2.42. The molecule has 1 amide bonds. The summed E-state index contributed by atoms with van der Waals surface area (Å²) in [6, 6.07) is 11.8. The summed E-state index contributed by atoms with van der Waals surface area (Å²) < 4.78 is 12.0. The number of halogens is 1. The second-order valence-corrected chi connectivity index (χ2v) is 8.83. The SMILES string of the molecule is COc1ccccc1C1/C(=C(\O)c2ccc(Br)c(C)c2)C(=O)C(=O)N1CCCOC(C)C. The normalized spacial score (nSPS) is 17.9. The van der Waals surface area contributed by atoms with Gasteiger partial charge in [0.15, 0.2) is 0 Å². The third-order valence-electron chi connectivity index (χ3n) is 5.40. The van der Waals surface area contributed by atoms with Crippen LogP contribution in [0.1, 0.15) is 43.0 Å². The van der Waals surface area contributed by atoms with Crippen LogP contribution in [0.15, 0.2) is 52.5 Å². The van der Waals surface area contributed by atoms with Crippen molar-refractivity contribution in [3.05, 3.63) is 69.2 Å². The van der Waals surface area contributed by atoms with Crippen molar-refractivity contribution in [2.24, 2.45) is 0 Å². The minimum absolute atomic E-state index is 0.0611. The van der Waals surface area contributed by atoms with E-state index in [1.165, 1.54) is 4.90 Å². The van der Waals surface area contributed by atoms with E-state index >= 15 is 0 Å². The number of aliphatic hydroxyl groups is 1. The number of Topliss-reactive ketones (excluding diaryl/α,β-unsaturated/α-hetero) is 1. The van der Waals surface area contributed by atoms with Gasteiger partial charge in [-0.3, -0.25) is 9.59 Å². The second kappa shape index (κ2) is 10.3. The zero-order chi connectivity index (χ0) is 23.4. The van der Waals surface area contributed by atoms with E-state index in [9.17, 15) is 14.7 Å². The summed E-state index contributed by atoms with van der Waals surface area (Å²) in [5.41, 5.74) is 2.09. The number of carbonyl (C=O) groups excluding carboxylic acids is 2. The number of aryl methyl sites for hydroxylation is 1. The molecule has 0 radical (unpaired) electrons. The highest BCUT2D eigenvalue weighted by Gasteiger charge is 2.46. The molecular weight excluding hydrogens is 474 g/mol. The van der Waals surface area contributed by atoms with Crippen molar-refractivity contribution in [2.45, 2.75) is 39.3 Å². The van der Waals surface area contributed by atoms with E-state index in [4.69, 9.17) is 9.47 Å². The molecule has 2 aromatic rings. The zero-order valence-corrected chi connectivity index (χ0v) is 20.3. The van der Waals surface area contributed by atoms with Gasteiger partial charge in [-0.15, -0.1) is 0 Å². The van der Waals surface area contributed by atoms with Gasteiger partial charge < -0.3 is 19.5 Å². The molecule has 3 rings (SSSR count). The molecule has 2 aromatic carbocycles. The smallest absolute Gasteiger partial charge is 0.295 e. The van der Waals surface area contributed by atoms with Gasteiger partial charge in [0.2, 0.25) is 0 Å². The first kappa shape index (κ1) is 24.0. The van der Waals surface area contributed by atoms with Crippen LogP contribution in [-0.2, 0) is 14.3 Å². The van der Waals surface area contributed by atoms with Crippen LogP contribution < -0.4 is 4.74 Å². The Morgan fingerprint density at radius 3 is 2.56 bits per heavy atom. The fourth-order valence-electron chi connectivity index (χ4n) is 3.83. The number of hydrogen-bond donors (Lipinski definition) is 1. The molecule has 0 bridgehead atoms. The summed E-state index contributed by atoms with van der Waals surface area (Å²) >= 11 is 3.45. The standard InChI is InChI=1S/C25H28BrNO5/c1-15(2)32-13-7-12-27-22(18-8-5-6-9-20(18)31-4)21(24(29)25(27)30)23(28)17-10-11-19(26)16(3)14-17/h5-6,8-11,14-15,22,28H,7,12-13H2,1-4H3/b23-21+. The average Bonchev–Trinajstić information content (AvgIpc) is 3.02. The molecule has 1 fully saturated rings. The molecule has 0 aliphatic carbocycles. The van der Waals surface area contributed by atoms with Crippen molar-refractivity contribution < 1.29 is 24.2 Å². The molecule has 1 heterocycles. The van der Waals surface area contributed by atoms with Crippen LogP contribution in [0, 0.1) is 6.92 Å². The number of methoxy groups -OCH3 is 1. The number of para-hydroxylation sites is 1. The van der Waals surface area contributed by atoms with Gasteiger partial charge in [-0.05, 0) is 51.0 Å². The monoisotopic (exact) mass is 501 g/mol. The second-order valence-electron chi connectivity index (χ2n) is 7.97. The van der Waals surface area contributed by atoms with Crippen molar-refractivity contribution in [1.82, 2.24) is 4.90 Å². The molecule has 1 atom stereocenters. The Hall–Kier alpha value is -2.64. The molecule has 6 nitrogen and oxygen atoms in total. The highest BCUT2D eigenvalue weighted by atomic mass is 79.9. The third-order valence-corrected chi connectivity index (χ3v) is 6.29. The highest BCUT2D eigenvalue weighted by molar-refractivity contribution is 9.10. The van der Waals surface area contributed by atoms with Gasteiger partial charge in [-0.2, -0.15) is 0 Å². The first-order chi connectivity index (χ1) is 15.3. The maximum absolute atomic E-state index is 13.1. The predicted octanol–water partition coefficient (Wildman–Crippen LogP) is 5.00. The lowest BCUT2D eigenvalue weighted by Gasteiger charge is -2.26. The summed E-state index contributed by atoms with van der Waals surface area (Å²) in [6.07, 6.45) is 0.643. The van der Waals surface area contributed by atoms with E-state index in [0.29, 0.717) is 36.4 Å². The van der Waals surface area contributed by atoms with Crippen molar-refractivity contribution >= 4 is 33.4 Å². The molecule has 0 saturated carbocycles. The Labute approximate surface area is 197 Å². The molecule has 32 heavy (non-hydrogen) atoms. The van der Waals surface area contributed by atoms with Gasteiger partial charge in [0.05, 0.1) is 24.8 Å². The fourth-order valence-corrected chi connectivity index (χ4v) is 4.07. The van der Waals surface area contributed by atoms with Crippen LogP contribution in [0.2, 0.25) is 0 Å². The molecule has 1 N–H and O–H groups in total. The predicted molar refractivity (Wildman–Crippen MR) is 127 cm³/mol. The summed E-state index contributed by atoms with van der Waals surface area (Å²) in [6.45, 7) is 6.57. The van der Waals surface area contributed by atoms with Crippen molar-refractivity contribution in [3.63, 3.8) is 0 Å². The number of ether oxygens (including phenoxy) is 2. The summed E-state index contributed by atoms with van der Waals surface area (Å²) in [5.74, 6) is -0.999. The van der Waals surface area contributed by atoms with E-state index in [1.54, 1.807) is 25.3 Å². The number of carbonyl (C=O) groups is 2. The van der Waals surface area contributed by atoms with Gasteiger partial charge in [0.1, 0.15) is 11.5 Å². The zero-order valence-electron chi connectivity index (χ0n) is 18.7. The van der Waals surface area contributed by atoms with Crippen molar-refractivity contribution in [1.29, 1.82) is 0 Å². The lowest BCUT2D eigenvalue weighted by Crippen LogP contribution is -2.31. The Balaban J connectivity index is 2.10. The molecule has 1 aliphatic rings. The number of hydrogen-bond acceptors (Lipinski definition) is 5.